The third kappa shape index (κ3) is 11.7. The average molecular weight is 340 g/mol. The van der Waals surface area contributed by atoms with Crippen LogP contribution >= 0.6 is 0 Å². The molecule has 0 unspecified atom stereocenters. The van der Waals surface area contributed by atoms with E-state index in [9.17, 15) is 0 Å². The molecule has 0 aliphatic carbocycles. The number of rotatable bonds is 16. The molecule has 0 heterocycles. The Morgan fingerprint density at radius 1 is 0.381 bits per heavy atom. The SMILES string of the molecule is OCCC[CH2][Ti]([CH2]CCCO)([CH2]CCCO)[CH2]CCCO. The molecule has 0 aliphatic heterocycles. The van der Waals surface area contributed by atoms with Gasteiger partial charge in [-0.3, -0.25) is 0 Å². The molecule has 128 valence electrons. The van der Waals surface area contributed by atoms with E-state index in [0.29, 0.717) is 0 Å². The monoisotopic (exact) mass is 340 g/mol. The molecule has 0 saturated carbocycles. The van der Waals surface area contributed by atoms with Crippen LogP contribution in [-0.2, 0) is 16.6 Å². The normalized spacial score (nSPS) is 12.0. The fourth-order valence-electron chi connectivity index (χ4n) is 3.20. The molecule has 0 aliphatic rings. The summed E-state index contributed by atoms with van der Waals surface area (Å²) in [6, 6.07) is 0. The fourth-order valence-corrected chi connectivity index (χ4v) is 11.8. The molecule has 0 aromatic heterocycles. The fraction of sp³-hybridized carbons (Fsp3) is 1.00. The van der Waals surface area contributed by atoms with Crippen LogP contribution in [0.4, 0.5) is 0 Å². The second-order valence-electron chi connectivity index (χ2n) is 6.22. The first-order valence-corrected chi connectivity index (χ1v) is 13.1. The minimum atomic E-state index is -1.97. The zero-order valence-electron chi connectivity index (χ0n) is 13.6. The first kappa shape index (κ1) is 21.6. The summed E-state index contributed by atoms with van der Waals surface area (Å²) in [5.74, 6) is 0. The number of aliphatic hydroxyl groups excluding tert-OH is 4. The van der Waals surface area contributed by atoms with Crippen molar-refractivity contribution in [1.29, 1.82) is 0 Å². The van der Waals surface area contributed by atoms with E-state index in [2.05, 4.69) is 0 Å². The molecule has 0 saturated heterocycles. The Kier molecular flexibility index (Phi) is 15.9. The number of hydrogen-bond acceptors (Lipinski definition) is 4. The molecule has 5 heteroatoms. The van der Waals surface area contributed by atoms with Gasteiger partial charge in [0.2, 0.25) is 0 Å². The molecule has 4 N–H and O–H groups in total. The molecule has 0 spiro atoms. The Balaban J connectivity index is 4.52. The first-order chi connectivity index (χ1) is 10.2. The maximum atomic E-state index is 9.03. The average Bonchev–Trinajstić information content (AvgIpc) is 2.48. The quantitative estimate of drug-likeness (QED) is 0.257. The zero-order chi connectivity index (χ0) is 15.8. The topological polar surface area (TPSA) is 80.9 Å². The Bertz CT molecular complexity index is 169. The van der Waals surface area contributed by atoms with Crippen LogP contribution in [0.1, 0.15) is 51.4 Å². The van der Waals surface area contributed by atoms with Crippen LogP contribution in [-0.4, -0.2) is 46.9 Å². The van der Waals surface area contributed by atoms with Gasteiger partial charge < -0.3 is 0 Å². The van der Waals surface area contributed by atoms with Gasteiger partial charge in [-0.25, -0.2) is 0 Å². The van der Waals surface area contributed by atoms with Crippen molar-refractivity contribution in [1.82, 2.24) is 0 Å². The number of hydrogen-bond donors (Lipinski definition) is 4. The van der Waals surface area contributed by atoms with Crippen molar-refractivity contribution in [2.24, 2.45) is 0 Å². The second kappa shape index (κ2) is 15.4. The van der Waals surface area contributed by atoms with Crippen molar-refractivity contribution in [3.63, 3.8) is 0 Å². The summed E-state index contributed by atoms with van der Waals surface area (Å²) in [7, 11) is 0. The van der Waals surface area contributed by atoms with Gasteiger partial charge in [0.15, 0.2) is 0 Å². The summed E-state index contributed by atoms with van der Waals surface area (Å²) >= 11 is -1.97. The standard InChI is InChI=1S/4C4H9O.Ti/c4*1-2-3-4-5;/h4*5H,1-4H2;. The molecular weight excluding hydrogens is 304 g/mol. The van der Waals surface area contributed by atoms with Crippen LogP contribution in [0.5, 0.6) is 0 Å². The van der Waals surface area contributed by atoms with Gasteiger partial charge >= 0.3 is 134 Å². The van der Waals surface area contributed by atoms with E-state index >= 15 is 0 Å². The third-order valence-corrected chi connectivity index (χ3v) is 13.3. The van der Waals surface area contributed by atoms with Gasteiger partial charge in [-0.05, 0) is 0 Å². The molecule has 0 atom stereocenters. The molecule has 0 radical (unpaired) electrons. The summed E-state index contributed by atoms with van der Waals surface area (Å²) in [6.45, 7) is 1.12. The Hall–Kier alpha value is 0.554. The number of aliphatic hydroxyl groups is 4. The van der Waals surface area contributed by atoms with Crippen molar-refractivity contribution in [3.05, 3.63) is 0 Å². The molecule has 0 rings (SSSR count). The van der Waals surface area contributed by atoms with Gasteiger partial charge in [0.25, 0.3) is 0 Å². The van der Waals surface area contributed by atoms with Crippen LogP contribution in [0.15, 0.2) is 0 Å². The Morgan fingerprint density at radius 3 is 0.810 bits per heavy atom. The molecule has 0 bridgehead atoms. The Morgan fingerprint density at radius 2 is 0.619 bits per heavy atom. The van der Waals surface area contributed by atoms with E-state index in [0.717, 1.165) is 51.4 Å². The van der Waals surface area contributed by atoms with Gasteiger partial charge in [0.1, 0.15) is 0 Å². The van der Waals surface area contributed by atoms with Gasteiger partial charge in [0.05, 0.1) is 0 Å². The van der Waals surface area contributed by atoms with E-state index in [-0.39, 0.29) is 26.4 Å². The van der Waals surface area contributed by atoms with E-state index in [1.54, 1.807) is 0 Å². The van der Waals surface area contributed by atoms with Crippen LogP contribution in [0, 0.1) is 0 Å². The molecule has 0 aromatic carbocycles. The van der Waals surface area contributed by atoms with Crippen molar-refractivity contribution >= 4 is 0 Å². The van der Waals surface area contributed by atoms with E-state index < -0.39 is 16.6 Å². The summed E-state index contributed by atoms with van der Waals surface area (Å²) in [6.07, 6.45) is 8.06. The van der Waals surface area contributed by atoms with Gasteiger partial charge in [-0.15, -0.1) is 0 Å². The summed E-state index contributed by atoms with van der Waals surface area (Å²) < 4.78 is 5.18. The molecule has 0 aromatic rings. The minimum absolute atomic E-state index is 0.280. The van der Waals surface area contributed by atoms with E-state index in [4.69, 9.17) is 20.4 Å². The van der Waals surface area contributed by atoms with Crippen LogP contribution in [0.2, 0.25) is 18.9 Å². The van der Waals surface area contributed by atoms with Crippen LogP contribution < -0.4 is 0 Å². The molecular formula is C16H36O4Ti. The predicted molar refractivity (Wildman–Crippen MR) is 84.5 cm³/mol. The van der Waals surface area contributed by atoms with Gasteiger partial charge in [-0.1, -0.05) is 0 Å². The maximum absolute atomic E-state index is 9.03. The van der Waals surface area contributed by atoms with Crippen LogP contribution in [0.3, 0.4) is 0 Å². The van der Waals surface area contributed by atoms with Gasteiger partial charge in [0, 0.05) is 0 Å². The molecule has 0 fully saturated rings. The van der Waals surface area contributed by atoms with Crippen LogP contribution in [0.25, 0.3) is 0 Å². The predicted octanol–water partition coefficient (Wildman–Crippen LogP) is 2.90. The summed E-state index contributed by atoms with van der Waals surface area (Å²) in [5, 5.41) is 36.1. The first-order valence-electron chi connectivity index (χ1n) is 8.68. The van der Waals surface area contributed by atoms with E-state index in [1.165, 1.54) is 18.9 Å². The Labute approximate surface area is 133 Å². The molecule has 4 nitrogen and oxygen atoms in total. The molecule has 0 amide bonds. The second-order valence-corrected chi connectivity index (χ2v) is 14.0. The molecule has 21 heavy (non-hydrogen) atoms. The van der Waals surface area contributed by atoms with Crippen molar-refractivity contribution < 1.29 is 37.0 Å². The summed E-state index contributed by atoms with van der Waals surface area (Å²) in [4.78, 5) is 0. The van der Waals surface area contributed by atoms with Crippen molar-refractivity contribution in [3.8, 4) is 0 Å². The zero-order valence-corrected chi connectivity index (χ0v) is 15.2. The van der Waals surface area contributed by atoms with E-state index in [1.807, 2.05) is 0 Å². The number of unbranched alkanes of at least 4 members (excludes halogenated alkanes) is 4. The third-order valence-electron chi connectivity index (χ3n) is 4.46. The van der Waals surface area contributed by atoms with Crippen molar-refractivity contribution in [2.75, 3.05) is 26.4 Å². The van der Waals surface area contributed by atoms with Gasteiger partial charge in [-0.2, -0.15) is 0 Å². The summed E-state index contributed by atoms with van der Waals surface area (Å²) in [5.41, 5.74) is 0. The van der Waals surface area contributed by atoms with Crippen molar-refractivity contribution in [2.45, 2.75) is 70.3 Å².